The first kappa shape index (κ1) is 13.1. The van der Waals surface area contributed by atoms with Gasteiger partial charge >= 0.3 is 0 Å². The number of nitrogen functional groups attached to an aromatic ring is 1. The zero-order valence-corrected chi connectivity index (χ0v) is 11.7. The molecule has 0 aliphatic carbocycles. The number of hydrogen-bond acceptors (Lipinski definition) is 5. The maximum atomic E-state index is 11.4. The second kappa shape index (κ2) is 4.56. The second-order valence-corrected chi connectivity index (χ2v) is 5.58. The number of hydrogen-bond donors (Lipinski definition) is 3. The minimum absolute atomic E-state index is 0.0296. The van der Waals surface area contributed by atoms with Crippen LogP contribution in [0.25, 0.3) is 0 Å². The molecule has 6 heteroatoms. The lowest BCUT2D eigenvalue weighted by atomic mass is 9.94. The van der Waals surface area contributed by atoms with Gasteiger partial charge in [-0.3, -0.25) is 4.79 Å². The molecule has 1 fully saturated rings. The van der Waals surface area contributed by atoms with Crippen LogP contribution in [0.2, 0.25) is 0 Å². The molecule has 0 saturated carbocycles. The van der Waals surface area contributed by atoms with Crippen molar-refractivity contribution in [1.29, 1.82) is 0 Å². The number of ether oxygens (including phenoxy) is 2. The molecule has 2 atom stereocenters. The van der Waals surface area contributed by atoms with Crippen LogP contribution in [0.3, 0.4) is 0 Å². The highest BCUT2D eigenvalue weighted by molar-refractivity contribution is 5.97. The van der Waals surface area contributed by atoms with E-state index in [9.17, 15) is 4.79 Å². The van der Waals surface area contributed by atoms with Crippen LogP contribution in [0.5, 0.6) is 5.75 Å². The van der Waals surface area contributed by atoms with Crippen molar-refractivity contribution in [2.45, 2.75) is 31.9 Å². The number of benzene rings is 1. The van der Waals surface area contributed by atoms with Gasteiger partial charge in [-0.25, -0.2) is 0 Å². The van der Waals surface area contributed by atoms with E-state index in [1.165, 1.54) is 0 Å². The van der Waals surface area contributed by atoms with Gasteiger partial charge in [0.25, 0.3) is 5.91 Å². The largest absolute Gasteiger partial charge is 0.482 e. The van der Waals surface area contributed by atoms with Gasteiger partial charge in [0.2, 0.25) is 0 Å². The Bertz CT molecular complexity index is 561. The molecule has 2 aliphatic rings. The standard InChI is InChI=1S/C14H19N3O3/c1-8-14(2,3-4-19-8)17-10-6-11-12(5-9(10)15)20-7-13(18)16-11/h5-6,8,17H,3-4,7,15H2,1-2H3,(H,16,18). The predicted molar refractivity (Wildman–Crippen MR) is 77.0 cm³/mol. The summed E-state index contributed by atoms with van der Waals surface area (Å²) in [4.78, 5) is 11.4. The molecule has 1 aromatic rings. The smallest absolute Gasteiger partial charge is 0.262 e. The highest BCUT2D eigenvalue weighted by Gasteiger charge is 2.37. The van der Waals surface area contributed by atoms with E-state index in [0.29, 0.717) is 17.1 Å². The van der Waals surface area contributed by atoms with Crippen molar-refractivity contribution in [2.75, 3.05) is 29.6 Å². The number of fused-ring (bicyclic) bond motifs is 1. The first-order valence-electron chi connectivity index (χ1n) is 6.74. The number of nitrogens with one attached hydrogen (secondary N) is 2. The summed E-state index contributed by atoms with van der Waals surface area (Å²) < 4.78 is 11.0. The predicted octanol–water partition coefficient (Wildman–Crippen LogP) is 1.58. The Hall–Kier alpha value is -1.95. The zero-order valence-electron chi connectivity index (χ0n) is 11.7. The van der Waals surface area contributed by atoms with Gasteiger partial charge < -0.3 is 25.8 Å². The Morgan fingerprint density at radius 1 is 1.50 bits per heavy atom. The van der Waals surface area contributed by atoms with Gasteiger partial charge in [0.1, 0.15) is 5.75 Å². The number of nitrogens with two attached hydrogens (primary N) is 1. The number of carbonyl (C=O) groups is 1. The van der Waals surface area contributed by atoms with Crippen molar-refractivity contribution in [3.05, 3.63) is 12.1 Å². The zero-order chi connectivity index (χ0) is 14.3. The van der Waals surface area contributed by atoms with E-state index in [0.717, 1.165) is 18.7 Å². The Morgan fingerprint density at radius 2 is 2.30 bits per heavy atom. The Labute approximate surface area is 117 Å². The van der Waals surface area contributed by atoms with E-state index in [4.69, 9.17) is 15.2 Å². The van der Waals surface area contributed by atoms with E-state index in [2.05, 4.69) is 17.6 Å². The normalized spacial score (nSPS) is 28.5. The lowest BCUT2D eigenvalue weighted by Gasteiger charge is -2.31. The molecule has 3 rings (SSSR count). The van der Waals surface area contributed by atoms with Crippen molar-refractivity contribution >= 4 is 23.0 Å². The summed E-state index contributed by atoms with van der Waals surface area (Å²) in [5.74, 6) is 0.450. The first-order valence-corrected chi connectivity index (χ1v) is 6.74. The summed E-state index contributed by atoms with van der Waals surface area (Å²) in [5.41, 5.74) is 7.93. The van der Waals surface area contributed by atoms with Gasteiger partial charge in [0.15, 0.2) is 6.61 Å². The molecule has 1 saturated heterocycles. The Kier molecular flexibility index (Phi) is 2.97. The molecule has 1 aromatic carbocycles. The van der Waals surface area contributed by atoms with Crippen LogP contribution < -0.4 is 21.1 Å². The fourth-order valence-corrected chi connectivity index (χ4v) is 2.56. The monoisotopic (exact) mass is 277 g/mol. The van der Waals surface area contributed by atoms with Crippen LogP contribution in [0.4, 0.5) is 17.1 Å². The SMILES string of the molecule is CC1OCCC1(C)Nc1cc2c(cc1N)OCC(=O)N2. The highest BCUT2D eigenvalue weighted by Crippen LogP contribution is 2.38. The Balaban J connectivity index is 1.90. The number of rotatable bonds is 2. The van der Waals surface area contributed by atoms with Crippen LogP contribution >= 0.6 is 0 Å². The number of amides is 1. The third-order valence-corrected chi connectivity index (χ3v) is 4.09. The van der Waals surface area contributed by atoms with Crippen molar-refractivity contribution < 1.29 is 14.3 Å². The molecule has 6 nitrogen and oxygen atoms in total. The van der Waals surface area contributed by atoms with Gasteiger partial charge in [-0.15, -0.1) is 0 Å². The summed E-state index contributed by atoms with van der Waals surface area (Å²) in [7, 11) is 0. The third kappa shape index (κ3) is 2.16. The summed E-state index contributed by atoms with van der Waals surface area (Å²) >= 11 is 0. The van der Waals surface area contributed by atoms with Crippen molar-refractivity contribution in [3.63, 3.8) is 0 Å². The van der Waals surface area contributed by atoms with E-state index in [-0.39, 0.29) is 24.2 Å². The molecule has 108 valence electrons. The molecular weight excluding hydrogens is 258 g/mol. The van der Waals surface area contributed by atoms with Crippen LogP contribution in [0.15, 0.2) is 12.1 Å². The molecule has 4 N–H and O–H groups in total. The molecule has 0 radical (unpaired) electrons. The van der Waals surface area contributed by atoms with Crippen molar-refractivity contribution in [1.82, 2.24) is 0 Å². The minimum Gasteiger partial charge on any atom is -0.482 e. The molecule has 0 bridgehead atoms. The molecule has 2 heterocycles. The lowest BCUT2D eigenvalue weighted by molar-refractivity contribution is -0.118. The van der Waals surface area contributed by atoms with Crippen LogP contribution in [0, 0.1) is 0 Å². The number of carbonyl (C=O) groups excluding carboxylic acids is 1. The first-order chi connectivity index (χ1) is 9.48. The topological polar surface area (TPSA) is 85.6 Å². The number of anilines is 3. The van der Waals surface area contributed by atoms with Gasteiger partial charge in [0, 0.05) is 12.7 Å². The molecule has 0 aromatic heterocycles. The molecule has 2 aliphatic heterocycles. The van der Waals surface area contributed by atoms with Gasteiger partial charge in [-0.05, 0) is 26.3 Å². The summed E-state index contributed by atoms with van der Waals surface area (Å²) in [6.07, 6.45) is 1.01. The van der Waals surface area contributed by atoms with Crippen LogP contribution in [-0.2, 0) is 9.53 Å². The second-order valence-electron chi connectivity index (χ2n) is 5.58. The summed E-state index contributed by atoms with van der Waals surface area (Å²) in [6, 6.07) is 3.55. The maximum absolute atomic E-state index is 11.4. The fourth-order valence-electron chi connectivity index (χ4n) is 2.56. The van der Waals surface area contributed by atoms with E-state index < -0.39 is 0 Å². The summed E-state index contributed by atoms with van der Waals surface area (Å²) in [5, 5.41) is 6.23. The highest BCUT2D eigenvalue weighted by atomic mass is 16.5. The average Bonchev–Trinajstić information content (AvgIpc) is 2.71. The van der Waals surface area contributed by atoms with Gasteiger partial charge in [-0.1, -0.05) is 0 Å². The molecular formula is C14H19N3O3. The van der Waals surface area contributed by atoms with Crippen molar-refractivity contribution in [2.24, 2.45) is 0 Å². The molecule has 20 heavy (non-hydrogen) atoms. The molecule has 1 amide bonds. The van der Waals surface area contributed by atoms with E-state index in [1.54, 1.807) is 6.07 Å². The maximum Gasteiger partial charge on any atom is 0.262 e. The van der Waals surface area contributed by atoms with Crippen LogP contribution in [-0.4, -0.2) is 30.8 Å². The van der Waals surface area contributed by atoms with E-state index in [1.807, 2.05) is 13.0 Å². The Morgan fingerprint density at radius 3 is 3.00 bits per heavy atom. The molecule has 0 spiro atoms. The quantitative estimate of drug-likeness (QED) is 0.715. The average molecular weight is 277 g/mol. The van der Waals surface area contributed by atoms with Gasteiger partial charge in [0.05, 0.1) is 28.7 Å². The minimum atomic E-state index is -0.165. The fraction of sp³-hybridized carbons (Fsp3) is 0.500. The van der Waals surface area contributed by atoms with Crippen LogP contribution in [0.1, 0.15) is 20.3 Å². The molecule has 2 unspecified atom stereocenters. The van der Waals surface area contributed by atoms with E-state index >= 15 is 0 Å². The summed E-state index contributed by atoms with van der Waals surface area (Å²) in [6.45, 7) is 4.91. The third-order valence-electron chi connectivity index (χ3n) is 4.09. The van der Waals surface area contributed by atoms with Gasteiger partial charge in [-0.2, -0.15) is 0 Å². The van der Waals surface area contributed by atoms with Crippen molar-refractivity contribution in [3.8, 4) is 5.75 Å². The lowest BCUT2D eigenvalue weighted by Crippen LogP contribution is -2.41.